The Hall–Kier alpha value is -2.18. The van der Waals surface area contributed by atoms with E-state index in [1.54, 1.807) is 10.9 Å². The van der Waals surface area contributed by atoms with E-state index in [4.69, 9.17) is 10.8 Å². The van der Waals surface area contributed by atoms with Crippen LogP contribution in [0.5, 0.6) is 0 Å². The number of hydrogen-bond acceptors (Lipinski definition) is 4. The predicted molar refractivity (Wildman–Crippen MR) is 64.1 cm³/mol. The molecule has 0 aliphatic carbocycles. The molecule has 0 amide bonds. The lowest BCUT2D eigenvalue weighted by atomic mass is 10.1. The molecule has 0 aliphatic rings. The molecular formula is C12H13N3O3. The molecule has 94 valence electrons. The second-order valence-corrected chi connectivity index (χ2v) is 3.86. The standard InChI is InChI=1S/C12H13N3O3/c13-10(12(17)18)11(16)8-6-14-15(7-8)9-4-2-1-3-5-9/h1-7,10-11,16H,13H2,(H,17,18). The number of aliphatic carboxylic acids is 1. The van der Waals surface area contributed by atoms with Gasteiger partial charge < -0.3 is 15.9 Å². The minimum Gasteiger partial charge on any atom is -0.480 e. The molecule has 4 N–H and O–H groups in total. The van der Waals surface area contributed by atoms with E-state index in [0.29, 0.717) is 5.56 Å². The molecule has 0 saturated carbocycles. The Kier molecular flexibility index (Phi) is 3.40. The fraction of sp³-hybridized carbons (Fsp3) is 0.167. The summed E-state index contributed by atoms with van der Waals surface area (Å²) in [6.45, 7) is 0. The van der Waals surface area contributed by atoms with Gasteiger partial charge in [0.2, 0.25) is 0 Å². The Balaban J connectivity index is 2.23. The SMILES string of the molecule is NC(C(=O)O)C(O)c1cnn(-c2ccccc2)c1. The number of nitrogens with zero attached hydrogens (tertiary/aromatic N) is 2. The molecule has 0 bridgehead atoms. The first-order chi connectivity index (χ1) is 8.59. The molecule has 6 heteroatoms. The van der Waals surface area contributed by atoms with Crippen molar-refractivity contribution >= 4 is 5.97 Å². The maximum atomic E-state index is 10.7. The maximum absolute atomic E-state index is 10.7. The van der Waals surface area contributed by atoms with Crippen LogP contribution >= 0.6 is 0 Å². The number of nitrogens with two attached hydrogens (primary N) is 1. The summed E-state index contributed by atoms with van der Waals surface area (Å²) in [6.07, 6.45) is 1.68. The lowest BCUT2D eigenvalue weighted by Crippen LogP contribution is -2.36. The van der Waals surface area contributed by atoms with Gasteiger partial charge in [0, 0.05) is 11.8 Å². The predicted octanol–water partition coefficient (Wildman–Crippen LogP) is 0.318. The lowest BCUT2D eigenvalue weighted by Gasteiger charge is -2.12. The first kappa shape index (κ1) is 12.3. The minimum absolute atomic E-state index is 0.369. The zero-order valence-corrected chi connectivity index (χ0v) is 9.47. The molecular weight excluding hydrogens is 234 g/mol. The first-order valence-corrected chi connectivity index (χ1v) is 5.36. The monoisotopic (exact) mass is 247 g/mol. The van der Waals surface area contributed by atoms with Gasteiger partial charge in [0.25, 0.3) is 0 Å². The molecule has 2 rings (SSSR count). The molecule has 2 unspecified atom stereocenters. The number of carboxylic acids is 1. The van der Waals surface area contributed by atoms with Crippen LogP contribution in [0.3, 0.4) is 0 Å². The molecule has 2 aromatic rings. The van der Waals surface area contributed by atoms with Gasteiger partial charge in [0.15, 0.2) is 0 Å². The van der Waals surface area contributed by atoms with Crippen LogP contribution < -0.4 is 5.73 Å². The number of para-hydroxylation sites is 1. The van der Waals surface area contributed by atoms with Crippen molar-refractivity contribution in [3.05, 3.63) is 48.3 Å². The van der Waals surface area contributed by atoms with Gasteiger partial charge in [-0.2, -0.15) is 5.10 Å². The fourth-order valence-electron chi connectivity index (χ4n) is 1.55. The van der Waals surface area contributed by atoms with Crippen molar-refractivity contribution < 1.29 is 15.0 Å². The van der Waals surface area contributed by atoms with Crippen LogP contribution in [0.4, 0.5) is 0 Å². The Bertz CT molecular complexity index is 539. The third-order valence-corrected chi connectivity index (χ3v) is 2.59. The second-order valence-electron chi connectivity index (χ2n) is 3.86. The molecule has 0 fully saturated rings. The summed E-state index contributed by atoms with van der Waals surface area (Å²) in [7, 11) is 0. The van der Waals surface area contributed by atoms with Crippen molar-refractivity contribution in [2.45, 2.75) is 12.1 Å². The number of aromatic nitrogens is 2. The van der Waals surface area contributed by atoms with E-state index < -0.39 is 18.1 Å². The number of hydrogen-bond donors (Lipinski definition) is 3. The number of rotatable bonds is 4. The summed E-state index contributed by atoms with van der Waals surface area (Å²) in [5.74, 6) is -1.25. The second kappa shape index (κ2) is 4.99. The van der Waals surface area contributed by atoms with Crippen molar-refractivity contribution in [3.63, 3.8) is 0 Å². The summed E-state index contributed by atoms with van der Waals surface area (Å²) in [6, 6.07) is 7.92. The topological polar surface area (TPSA) is 101 Å². The van der Waals surface area contributed by atoms with E-state index in [-0.39, 0.29) is 0 Å². The summed E-state index contributed by atoms with van der Waals surface area (Å²) < 4.78 is 1.55. The molecule has 0 radical (unpaired) electrons. The van der Waals surface area contributed by atoms with Gasteiger partial charge in [-0.15, -0.1) is 0 Å². The van der Waals surface area contributed by atoms with Gasteiger partial charge in [-0.3, -0.25) is 4.79 Å². The largest absolute Gasteiger partial charge is 0.480 e. The highest BCUT2D eigenvalue weighted by Gasteiger charge is 2.24. The zero-order chi connectivity index (χ0) is 13.1. The van der Waals surface area contributed by atoms with Gasteiger partial charge >= 0.3 is 5.97 Å². The third kappa shape index (κ3) is 2.39. The van der Waals surface area contributed by atoms with Crippen molar-refractivity contribution in [1.82, 2.24) is 9.78 Å². The number of benzene rings is 1. The summed E-state index contributed by atoms with van der Waals surface area (Å²) in [5, 5.41) is 22.5. The highest BCUT2D eigenvalue weighted by atomic mass is 16.4. The quantitative estimate of drug-likeness (QED) is 0.722. The molecule has 1 aromatic carbocycles. The van der Waals surface area contributed by atoms with E-state index in [1.165, 1.54) is 6.20 Å². The maximum Gasteiger partial charge on any atom is 0.323 e. The normalized spacial score (nSPS) is 14.1. The van der Waals surface area contributed by atoms with Crippen molar-refractivity contribution in [2.75, 3.05) is 0 Å². The minimum atomic E-state index is -1.36. The molecule has 0 saturated heterocycles. The Labute approximate surface area is 103 Å². The van der Waals surface area contributed by atoms with Crippen LogP contribution in [-0.2, 0) is 4.79 Å². The van der Waals surface area contributed by atoms with Crippen LogP contribution in [0.25, 0.3) is 5.69 Å². The Morgan fingerprint density at radius 3 is 2.61 bits per heavy atom. The third-order valence-electron chi connectivity index (χ3n) is 2.59. The number of carboxylic acid groups (broad SMARTS) is 1. The molecule has 1 heterocycles. The van der Waals surface area contributed by atoms with Gasteiger partial charge in [-0.05, 0) is 12.1 Å². The average molecular weight is 247 g/mol. The number of carbonyl (C=O) groups is 1. The summed E-state index contributed by atoms with van der Waals surface area (Å²) in [5.41, 5.74) is 6.54. The molecule has 0 spiro atoms. The molecule has 1 aromatic heterocycles. The van der Waals surface area contributed by atoms with E-state index in [0.717, 1.165) is 5.69 Å². The molecule has 0 aliphatic heterocycles. The highest BCUT2D eigenvalue weighted by Crippen LogP contribution is 2.17. The van der Waals surface area contributed by atoms with Crippen LogP contribution in [0, 0.1) is 0 Å². The van der Waals surface area contributed by atoms with Crippen molar-refractivity contribution in [2.24, 2.45) is 5.73 Å². The lowest BCUT2D eigenvalue weighted by molar-refractivity contribution is -0.141. The van der Waals surface area contributed by atoms with Gasteiger partial charge in [-0.1, -0.05) is 18.2 Å². The Morgan fingerprint density at radius 1 is 1.33 bits per heavy atom. The van der Waals surface area contributed by atoms with Gasteiger partial charge in [0.1, 0.15) is 12.1 Å². The van der Waals surface area contributed by atoms with Gasteiger partial charge in [-0.25, -0.2) is 4.68 Å². The summed E-state index contributed by atoms with van der Waals surface area (Å²) in [4.78, 5) is 10.7. The van der Waals surface area contributed by atoms with Crippen molar-refractivity contribution in [1.29, 1.82) is 0 Å². The van der Waals surface area contributed by atoms with Crippen LogP contribution in [-0.4, -0.2) is 32.0 Å². The van der Waals surface area contributed by atoms with Crippen molar-refractivity contribution in [3.8, 4) is 5.69 Å². The first-order valence-electron chi connectivity index (χ1n) is 5.36. The van der Waals surface area contributed by atoms with Crippen LogP contribution in [0.2, 0.25) is 0 Å². The number of aliphatic hydroxyl groups is 1. The van der Waals surface area contributed by atoms with E-state index in [9.17, 15) is 9.90 Å². The van der Waals surface area contributed by atoms with E-state index >= 15 is 0 Å². The highest BCUT2D eigenvalue weighted by molar-refractivity contribution is 5.74. The van der Waals surface area contributed by atoms with Crippen LogP contribution in [0.1, 0.15) is 11.7 Å². The average Bonchev–Trinajstić information content (AvgIpc) is 2.87. The smallest absolute Gasteiger partial charge is 0.323 e. The molecule has 6 nitrogen and oxygen atoms in total. The molecule has 2 atom stereocenters. The molecule has 18 heavy (non-hydrogen) atoms. The van der Waals surface area contributed by atoms with E-state index in [1.807, 2.05) is 30.3 Å². The van der Waals surface area contributed by atoms with E-state index in [2.05, 4.69) is 5.10 Å². The number of aliphatic hydroxyl groups excluding tert-OH is 1. The van der Waals surface area contributed by atoms with Gasteiger partial charge in [0.05, 0.1) is 11.9 Å². The van der Waals surface area contributed by atoms with Crippen LogP contribution in [0.15, 0.2) is 42.7 Å². The fourth-order valence-corrected chi connectivity index (χ4v) is 1.55. The zero-order valence-electron chi connectivity index (χ0n) is 9.47. The Morgan fingerprint density at radius 2 is 2.00 bits per heavy atom. The summed E-state index contributed by atoms with van der Waals surface area (Å²) >= 11 is 0.